The van der Waals surface area contributed by atoms with Gasteiger partial charge in [-0.25, -0.2) is 23.7 Å². The van der Waals surface area contributed by atoms with E-state index in [9.17, 15) is 13.6 Å². The van der Waals surface area contributed by atoms with Crippen molar-refractivity contribution in [3.8, 4) is 5.95 Å². The Morgan fingerprint density at radius 1 is 1.14 bits per heavy atom. The zero-order valence-electron chi connectivity index (χ0n) is 16.2. The third kappa shape index (κ3) is 3.63. The largest absolute Gasteiger partial charge is 0.348 e. The number of rotatable bonds is 4. The summed E-state index contributed by atoms with van der Waals surface area (Å²) >= 11 is 0. The zero-order valence-corrected chi connectivity index (χ0v) is 16.2. The highest BCUT2D eigenvalue weighted by molar-refractivity contribution is 5.94. The van der Waals surface area contributed by atoms with Crippen LogP contribution in [-0.4, -0.2) is 61.4 Å². The number of fused-ring (bicyclic) bond motifs is 1. The number of aromatic nitrogens is 4. The van der Waals surface area contributed by atoms with Gasteiger partial charge >= 0.3 is 0 Å². The molecule has 29 heavy (non-hydrogen) atoms. The maximum Gasteiger partial charge on any atom is 0.272 e. The highest BCUT2D eigenvalue weighted by Crippen LogP contribution is 2.34. The minimum absolute atomic E-state index is 0.0595. The second-order valence-corrected chi connectivity index (χ2v) is 8.36. The molecule has 7 nitrogen and oxygen atoms in total. The van der Waals surface area contributed by atoms with E-state index >= 15 is 0 Å². The van der Waals surface area contributed by atoms with Gasteiger partial charge in [0.25, 0.3) is 11.8 Å². The van der Waals surface area contributed by atoms with Crippen LogP contribution >= 0.6 is 0 Å². The molecule has 3 aliphatic rings. The van der Waals surface area contributed by atoms with Gasteiger partial charge < -0.3 is 5.32 Å². The fraction of sp³-hybridized carbons (Fsp3) is 0.600. The minimum Gasteiger partial charge on any atom is -0.348 e. The smallest absolute Gasteiger partial charge is 0.272 e. The molecule has 1 amide bonds. The first-order chi connectivity index (χ1) is 14.0. The number of alkyl halides is 2. The van der Waals surface area contributed by atoms with E-state index in [4.69, 9.17) is 0 Å². The number of carbonyl (C=O) groups excluding carboxylic acids is 1. The van der Waals surface area contributed by atoms with E-state index in [1.54, 1.807) is 23.3 Å². The molecule has 0 spiro atoms. The number of likely N-dealkylation sites (tertiary alicyclic amines) is 1. The van der Waals surface area contributed by atoms with Crippen LogP contribution in [0.25, 0.3) is 5.95 Å². The lowest BCUT2D eigenvalue weighted by Gasteiger charge is -2.46. The fourth-order valence-electron chi connectivity index (χ4n) is 4.75. The number of hydrogen-bond donors (Lipinski definition) is 1. The Balaban J connectivity index is 1.26. The van der Waals surface area contributed by atoms with Crippen LogP contribution in [0.4, 0.5) is 8.78 Å². The van der Waals surface area contributed by atoms with Gasteiger partial charge in [-0.05, 0) is 44.9 Å². The number of amides is 1. The third-order valence-electron chi connectivity index (χ3n) is 6.29. The normalized spacial score (nSPS) is 26.0. The van der Waals surface area contributed by atoms with Crippen LogP contribution in [-0.2, 0) is 12.8 Å². The number of aryl methyl sites for hydroxylation is 1. The van der Waals surface area contributed by atoms with Crippen molar-refractivity contribution in [3.63, 3.8) is 0 Å². The standard InChI is InChI=1S/C20H24F2N6O/c21-20(22)10-28(11-20)14-6-4-13(5-7-14)24-18(29)17-15-2-1-3-16(15)25-19(26-17)27-9-8-23-12-27/h8-9,12-14H,1-7,10-11H2,(H,24,29). The quantitative estimate of drug-likeness (QED) is 0.848. The van der Waals surface area contributed by atoms with Crippen LogP contribution in [0.1, 0.15) is 53.8 Å². The molecule has 154 valence electrons. The van der Waals surface area contributed by atoms with Crippen molar-refractivity contribution in [2.24, 2.45) is 0 Å². The van der Waals surface area contributed by atoms with Gasteiger partial charge in [-0.3, -0.25) is 14.3 Å². The van der Waals surface area contributed by atoms with Crippen molar-refractivity contribution < 1.29 is 13.6 Å². The Kier molecular flexibility index (Phi) is 4.57. The van der Waals surface area contributed by atoms with Crippen molar-refractivity contribution in [2.45, 2.75) is 63.0 Å². The number of imidazole rings is 1. The van der Waals surface area contributed by atoms with Crippen LogP contribution in [0.3, 0.4) is 0 Å². The second kappa shape index (κ2) is 7.12. The van der Waals surface area contributed by atoms with E-state index in [0.29, 0.717) is 11.6 Å². The van der Waals surface area contributed by atoms with Crippen LogP contribution in [0.15, 0.2) is 18.7 Å². The molecule has 2 aromatic rings. The summed E-state index contributed by atoms with van der Waals surface area (Å²) in [6, 6.07) is 0.267. The Morgan fingerprint density at radius 2 is 1.93 bits per heavy atom. The van der Waals surface area contributed by atoms with E-state index in [-0.39, 0.29) is 31.1 Å². The summed E-state index contributed by atoms with van der Waals surface area (Å²) in [6.45, 7) is -0.252. The Morgan fingerprint density at radius 3 is 2.62 bits per heavy atom. The first kappa shape index (κ1) is 18.6. The van der Waals surface area contributed by atoms with Gasteiger partial charge in [0, 0.05) is 35.7 Å². The van der Waals surface area contributed by atoms with Crippen molar-refractivity contribution in [1.29, 1.82) is 0 Å². The van der Waals surface area contributed by atoms with E-state index in [0.717, 1.165) is 56.2 Å². The average Bonchev–Trinajstić information content (AvgIpc) is 3.37. The minimum atomic E-state index is -2.52. The van der Waals surface area contributed by atoms with Gasteiger partial charge in [0.05, 0.1) is 13.1 Å². The van der Waals surface area contributed by atoms with Gasteiger partial charge in [0.15, 0.2) is 0 Å². The summed E-state index contributed by atoms with van der Waals surface area (Å²) in [5.41, 5.74) is 2.35. The van der Waals surface area contributed by atoms with Gasteiger partial charge in [0.1, 0.15) is 12.0 Å². The molecule has 0 radical (unpaired) electrons. The van der Waals surface area contributed by atoms with E-state index in [2.05, 4.69) is 20.3 Å². The van der Waals surface area contributed by atoms with Crippen LogP contribution < -0.4 is 5.32 Å². The second-order valence-electron chi connectivity index (χ2n) is 8.36. The molecule has 1 N–H and O–H groups in total. The lowest BCUT2D eigenvalue weighted by atomic mass is 9.88. The number of nitrogens with one attached hydrogen (secondary N) is 1. The summed E-state index contributed by atoms with van der Waals surface area (Å²) in [4.78, 5) is 28.1. The lowest BCUT2D eigenvalue weighted by Crippen LogP contribution is -2.60. The SMILES string of the molecule is O=C(NC1CCC(N2CC(F)(F)C2)CC1)c1nc(-n2ccnc2)nc2c1CCC2. The number of hydrogen-bond acceptors (Lipinski definition) is 5. The summed E-state index contributed by atoms with van der Waals surface area (Å²) in [6.07, 6.45) is 11.0. The first-order valence-electron chi connectivity index (χ1n) is 10.3. The van der Waals surface area contributed by atoms with E-state index < -0.39 is 5.92 Å². The Bertz CT molecular complexity index is 900. The van der Waals surface area contributed by atoms with Gasteiger partial charge in [-0.1, -0.05) is 0 Å². The van der Waals surface area contributed by atoms with Crippen LogP contribution in [0.2, 0.25) is 0 Å². The molecule has 1 aliphatic heterocycles. The molecular formula is C20H24F2N6O. The molecule has 2 aliphatic carbocycles. The summed E-state index contributed by atoms with van der Waals surface area (Å²) in [5, 5.41) is 3.13. The van der Waals surface area contributed by atoms with Crippen molar-refractivity contribution in [3.05, 3.63) is 35.7 Å². The first-order valence-corrected chi connectivity index (χ1v) is 10.3. The molecule has 9 heteroatoms. The Labute approximate surface area is 167 Å². The van der Waals surface area contributed by atoms with Crippen molar-refractivity contribution in [2.75, 3.05) is 13.1 Å². The van der Waals surface area contributed by atoms with Crippen molar-refractivity contribution in [1.82, 2.24) is 29.7 Å². The number of halogens is 2. The average molecular weight is 402 g/mol. The molecule has 1 saturated heterocycles. The Hall–Kier alpha value is -2.42. The molecule has 2 fully saturated rings. The molecule has 3 heterocycles. The lowest BCUT2D eigenvalue weighted by molar-refractivity contribution is -0.150. The maximum atomic E-state index is 13.1. The predicted octanol–water partition coefficient (Wildman–Crippen LogP) is 2.14. The van der Waals surface area contributed by atoms with Gasteiger partial charge in [0.2, 0.25) is 5.95 Å². The highest BCUT2D eigenvalue weighted by atomic mass is 19.3. The van der Waals surface area contributed by atoms with Crippen LogP contribution in [0.5, 0.6) is 0 Å². The molecule has 0 unspecified atom stereocenters. The molecule has 0 atom stereocenters. The highest BCUT2D eigenvalue weighted by Gasteiger charge is 2.47. The molecular weight excluding hydrogens is 378 g/mol. The third-order valence-corrected chi connectivity index (χ3v) is 6.29. The van der Waals surface area contributed by atoms with Gasteiger partial charge in [-0.15, -0.1) is 0 Å². The summed E-state index contributed by atoms with van der Waals surface area (Å²) < 4.78 is 27.9. The summed E-state index contributed by atoms with van der Waals surface area (Å²) in [7, 11) is 0. The predicted molar refractivity (Wildman–Crippen MR) is 101 cm³/mol. The molecule has 5 rings (SSSR count). The van der Waals surface area contributed by atoms with Crippen LogP contribution in [0, 0.1) is 0 Å². The molecule has 0 bridgehead atoms. The molecule has 2 aromatic heterocycles. The number of nitrogens with zero attached hydrogens (tertiary/aromatic N) is 5. The monoisotopic (exact) mass is 402 g/mol. The fourth-order valence-corrected chi connectivity index (χ4v) is 4.75. The maximum absolute atomic E-state index is 13.1. The van der Waals surface area contributed by atoms with E-state index in [1.807, 2.05) is 4.90 Å². The van der Waals surface area contributed by atoms with E-state index in [1.165, 1.54) is 0 Å². The topological polar surface area (TPSA) is 75.9 Å². The van der Waals surface area contributed by atoms with Gasteiger partial charge in [-0.2, -0.15) is 0 Å². The van der Waals surface area contributed by atoms with Crippen molar-refractivity contribution >= 4 is 5.91 Å². The zero-order chi connectivity index (χ0) is 20.0. The number of carbonyl (C=O) groups is 1. The summed E-state index contributed by atoms with van der Waals surface area (Å²) in [5.74, 6) is -2.22. The molecule has 1 saturated carbocycles. The molecule has 0 aromatic carbocycles.